The molecule has 1 aromatic rings. The fourth-order valence-electron chi connectivity index (χ4n) is 0.714. The highest BCUT2D eigenvalue weighted by molar-refractivity contribution is 5.57. The SMILES string of the molecule is Cc1ccc(O)c([N+]#N)c1. The maximum absolute atomic E-state index is 8.98. The van der Waals surface area contributed by atoms with Crippen LogP contribution in [0.2, 0.25) is 0 Å². The van der Waals surface area contributed by atoms with E-state index < -0.39 is 0 Å². The number of aryl methyl sites for hydroxylation is 1. The summed E-state index contributed by atoms with van der Waals surface area (Å²) in [6.07, 6.45) is 0. The average molecular weight is 135 g/mol. The van der Waals surface area contributed by atoms with Gasteiger partial charge in [0.25, 0.3) is 0 Å². The summed E-state index contributed by atoms with van der Waals surface area (Å²) in [6.45, 7) is 1.86. The Morgan fingerprint density at radius 3 is 2.70 bits per heavy atom. The van der Waals surface area contributed by atoms with Crippen molar-refractivity contribution in [3.05, 3.63) is 28.7 Å². The summed E-state index contributed by atoms with van der Waals surface area (Å²) >= 11 is 0. The van der Waals surface area contributed by atoms with Crippen molar-refractivity contribution in [3.63, 3.8) is 0 Å². The van der Waals surface area contributed by atoms with Crippen LogP contribution in [0.3, 0.4) is 0 Å². The van der Waals surface area contributed by atoms with Crippen LogP contribution in [0.1, 0.15) is 5.56 Å². The van der Waals surface area contributed by atoms with E-state index >= 15 is 0 Å². The molecule has 3 heteroatoms. The lowest BCUT2D eigenvalue weighted by Crippen LogP contribution is -1.69. The van der Waals surface area contributed by atoms with Gasteiger partial charge < -0.3 is 5.11 Å². The Balaban J connectivity index is 3.25. The van der Waals surface area contributed by atoms with Crippen LogP contribution >= 0.6 is 0 Å². The molecule has 0 amide bonds. The molecule has 0 bridgehead atoms. The summed E-state index contributed by atoms with van der Waals surface area (Å²) < 4.78 is 0. The lowest BCUT2D eigenvalue weighted by atomic mass is 10.2. The molecule has 50 valence electrons. The van der Waals surface area contributed by atoms with Crippen molar-refractivity contribution >= 4 is 5.69 Å². The Bertz CT molecular complexity index is 288. The van der Waals surface area contributed by atoms with Gasteiger partial charge in [-0.25, -0.2) is 0 Å². The minimum atomic E-state index is -0.00639. The van der Waals surface area contributed by atoms with Gasteiger partial charge in [-0.2, -0.15) is 0 Å². The number of diazo groups is 1. The van der Waals surface area contributed by atoms with Crippen LogP contribution in [-0.4, -0.2) is 5.11 Å². The smallest absolute Gasteiger partial charge is 0.426 e. The van der Waals surface area contributed by atoms with Crippen molar-refractivity contribution in [1.29, 1.82) is 5.39 Å². The molecule has 0 heterocycles. The fraction of sp³-hybridized carbons (Fsp3) is 0.143. The standard InChI is InChI=1S/C7H6N2O/c1-5-2-3-7(10)6(4-5)9-8/h2-4H,1H3/p+1. The first-order valence-electron chi connectivity index (χ1n) is 2.89. The van der Waals surface area contributed by atoms with Crippen molar-refractivity contribution in [2.45, 2.75) is 6.92 Å². The van der Waals surface area contributed by atoms with Crippen LogP contribution in [0.5, 0.6) is 5.75 Å². The predicted octanol–water partition coefficient (Wildman–Crippen LogP) is 2.19. The third-order valence-corrected chi connectivity index (χ3v) is 1.24. The van der Waals surface area contributed by atoms with Crippen LogP contribution in [0.25, 0.3) is 4.98 Å². The van der Waals surface area contributed by atoms with Gasteiger partial charge in [0.15, 0.2) is 4.98 Å². The van der Waals surface area contributed by atoms with Crippen LogP contribution in [0, 0.1) is 12.3 Å². The molecule has 0 unspecified atom stereocenters. The van der Waals surface area contributed by atoms with E-state index in [1.807, 2.05) is 6.92 Å². The van der Waals surface area contributed by atoms with Crippen LogP contribution in [-0.2, 0) is 0 Å². The Morgan fingerprint density at radius 1 is 1.50 bits per heavy atom. The Kier molecular flexibility index (Phi) is 1.55. The minimum absolute atomic E-state index is 0.00639. The van der Waals surface area contributed by atoms with Crippen molar-refractivity contribution in [1.82, 2.24) is 0 Å². The van der Waals surface area contributed by atoms with E-state index in [-0.39, 0.29) is 11.4 Å². The Hall–Kier alpha value is -1.56. The van der Waals surface area contributed by atoms with E-state index in [1.54, 1.807) is 12.1 Å². The van der Waals surface area contributed by atoms with E-state index in [2.05, 4.69) is 4.98 Å². The van der Waals surface area contributed by atoms with Crippen LogP contribution in [0.15, 0.2) is 18.2 Å². The highest BCUT2D eigenvalue weighted by atomic mass is 16.3. The van der Waals surface area contributed by atoms with E-state index in [0.717, 1.165) is 5.56 Å². The molecule has 0 aliphatic heterocycles. The van der Waals surface area contributed by atoms with E-state index in [9.17, 15) is 0 Å². The summed E-state index contributed by atoms with van der Waals surface area (Å²) in [6, 6.07) is 4.82. The zero-order valence-electron chi connectivity index (χ0n) is 5.57. The molecular formula is C7H7N2O+. The predicted molar refractivity (Wildman–Crippen MR) is 37.6 cm³/mol. The molecule has 0 aromatic heterocycles. The first-order valence-corrected chi connectivity index (χ1v) is 2.89. The zero-order chi connectivity index (χ0) is 7.56. The molecule has 0 fully saturated rings. The third-order valence-electron chi connectivity index (χ3n) is 1.24. The van der Waals surface area contributed by atoms with Gasteiger partial charge in [-0.1, -0.05) is 6.07 Å². The number of aromatic hydroxyl groups is 1. The van der Waals surface area contributed by atoms with Gasteiger partial charge in [0.2, 0.25) is 11.1 Å². The van der Waals surface area contributed by atoms with Gasteiger partial charge in [-0.05, 0) is 18.6 Å². The van der Waals surface area contributed by atoms with E-state index in [1.165, 1.54) is 6.07 Å². The first-order chi connectivity index (χ1) is 4.74. The molecule has 10 heavy (non-hydrogen) atoms. The molecular weight excluding hydrogens is 128 g/mol. The van der Waals surface area contributed by atoms with Crippen LogP contribution < -0.4 is 0 Å². The molecule has 1 N–H and O–H groups in total. The Morgan fingerprint density at radius 2 is 2.20 bits per heavy atom. The first kappa shape index (κ1) is 6.56. The van der Waals surface area contributed by atoms with Crippen molar-refractivity contribution < 1.29 is 5.11 Å². The van der Waals surface area contributed by atoms with Gasteiger partial charge in [-0.15, -0.1) is 0 Å². The summed E-state index contributed by atoms with van der Waals surface area (Å²) in [5.74, 6) is -0.00639. The van der Waals surface area contributed by atoms with Gasteiger partial charge in [-0.3, -0.25) is 0 Å². The third kappa shape index (κ3) is 1.06. The van der Waals surface area contributed by atoms with E-state index in [0.29, 0.717) is 0 Å². The summed E-state index contributed by atoms with van der Waals surface area (Å²) in [4.78, 5) is 2.88. The monoisotopic (exact) mass is 135 g/mol. The van der Waals surface area contributed by atoms with Crippen LogP contribution in [0.4, 0.5) is 5.69 Å². The fourth-order valence-corrected chi connectivity index (χ4v) is 0.714. The molecule has 0 radical (unpaired) electrons. The molecule has 3 nitrogen and oxygen atoms in total. The van der Waals surface area contributed by atoms with Gasteiger partial charge in [0.05, 0.1) is 0 Å². The molecule has 0 aliphatic carbocycles. The number of rotatable bonds is 0. The lowest BCUT2D eigenvalue weighted by molar-refractivity contribution is 0.478. The largest absolute Gasteiger partial charge is 0.501 e. The summed E-state index contributed by atoms with van der Waals surface area (Å²) in [5.41, 5.74) is 1.16. The maximum Gasteiger partial charge on any atom is 0.426 e. The molecule has 1 aromatic carbocycles. The van der Waals surface area contributed by atoms with Gasteiger partial charge in [0.1, 0.15) is 0 Å². The average Bonchev–Trinajstić information content (AvgIpc) is 1.94. The number of hydrogen-bond acceptors (Lipinski definition) is 2. The highest BCUT2D eigenvalue weighted by Crippen LogP contribution is 2.26. The molecule has 0 aliphatic rings. The van der Waals surface area contributed by atoms with Crippen molar-refractivity contribution in [2.75, 3.05) is 0 Å². The molecule has 0 spiro atoms. The molecule has 1 rings (SSSR count). The lowest BCUT2D eigenvalue weighted by Gasteiger charge is -1.87. The zero-order valence-corrected chi connectivity index (χ0v) is 5.57. The normalized spacial score (nSPS) is 8.80. The minimum Gasteiger partial charge on any atom is -0.501 e. The van der Waals surface area contributed by atoms with Gasteiger partial charge >= 0.3 is 5.69 Å². The highest BCUT2D eigenvalue weighted by Gasteiger charge is 2.10. The topological polar surface area (TPSA) is 48.4 Å². The number of nitrogens with zero attached hydrogens (tertiary/aromatic N) is 2. The molecule has 0 saturated heterocycles. The summed E-state index contributed by atoms with van der Waals surface area (Å²) in [7, 11) is 0. The summed E-state index contributed by atoms with van der Waals surface area (Å²) in [5, 5.41) is 17.3. The molecule has 0 saturated carbocycles. The number of phenols is 1. The second-order valence-corrected chi connectivity index (χ2v) is 2.09. The quantitative estimate of drug-likeness (QED) is 0.554. The number of hydrogen-bond donors (Lipinski definition) is 1. The van der Waals surface area contributed by atoms with Gasteiger partial charge in [0, 0.05) is 6.07 Å². The van der Waals surface area contributed by atoms with Crippen molar-refractivity contribution in [3.8, 4) is 5.75 Å². The number of benzene rings is 1. The van der Waals surface area contributed by atoms with E-state index in [4.69, 9.17) is 10.5 Å². The molecule has 0 atom stereocenters. The second-order valence-electron chi connectivity index (χ2n) is 2.09. The Labute approximate surface area is 58.6 Å². The maximum atomic E-state index is 8.98. The number of phenolic OH excluding ortho intramolecular Hbond substituents is 1. The second kappa shape index (κ2) is 2.36. The van der Waals surface area contributed by atoms with Crippen molar-refractivity contribution in [2.24, 2.45) is 0 Å².